The molecule has 25 heavy (non-hydrogen) atoms. The molecule has 0 aliphatic carbocycles. The Morgan fingerprint density at radius 1 is 1.04 bits per heavy atom. The van der Waals surface area contributed by atoms with Crippen LogP contribution in [0, 0.1) is 0 Å². The van der Waals surface area contributed by atoms with E-state index in [1.807, 2.05) is 42.5 Å². The van der Waals surface area contributed by atoms with Crippen molar-refractivity contribution in [3.8, 4) is 5.75 Å². The monoisotopic (exact) mass is 351 g/mol. The molecule has 0 saturated heterocycles. The first-order valence-electron chi connectivity index (χ1n) is 7.57. The highest BCUT2D eigenvalue weighted by molar-refractivity contribution is 7.15. The minimum absolute atomic E-state index is 0.288. The molecule has 0 spiro atoms. The van der Waals surface area contributed by atoms with Crippen LogP contribution in [0.5, 0.6) is 5.75 Å². The average Bonchev–Trinajstić information content (AvgIpc) is 3.08. The number of aromatic nitrogens is 2. The van der Waals surface area contributed by atoms with E-state index in [2.05, 4.69) is 15.5 Å². The number of hydrogen-bond acceptors (Lipinski definition) is 7. The van der Waals surface area contributed by atoms with E-state index < -0.39 is 0 Å². The lowest BCUT2D eigenvalue weighted by Crippen LogP contribution is -1.97. The lowest BCUT2D eigenvalue weighted by Gasteiger charge is -2.04. The van der Waals surface area contributed by atoms with E-state index in [0.717, 1.165) is 16.1 Å². The topological polar surface area (TPSA) is 77.2 Å². The molecule has 4 aromatic rings. The van der Waals surface area contributed by atoms with Crippen LogP contribution in [-0.2, 0) is 6.61 Å². The van der Waals surface area contributed by atoms with Gasteiger partial charge in [0.25, 0.3) is 0 Å². The molecule has 0 aliphatic rings. The van der Waals surface area contributed by atoms with E-state index in [9.17, 15) is 4.79 Å². The fourth-order valence-electron chi connectivity index (χ4n) is 2.28. The van der Waals surface area contributed by atoms with Gasteiger partial charge in [0.1, 0.15) is 17.9 Å². The fraction of sp³-hybridized carbons (Fsp3) is 0.0556. The highest BCUT2D eigenvalue weighted by Crippen LogP contribution is 2.23. The van der Waals surface area contributed by atoms with Crippen LogP contribution >= 0.6 is 11.3 Å². The van der Waals surface area contributed by atoms with Gasteiger partial charge in [-0.3, -0.25) is 0 Å². The van der Waals surface area contributed by atoms with E-state index in [-0.39, 0.29) is 12.2 Å². The van der Waals surface area contributed by atoms with Gasteiger partial charge >= 0.3 is 5.63 Å². The van der Waals surface area contributed by atoms with Gasteiger partial charge in [-0.15, -0.1) is 10.2 Å². The van der Waals surface area contributed by atoms with Gasteiger partial charge in [-0.25, -0.2) is 4.79 Å². The first-order valence-corrected chi connectivity index (χ1v) is 8.39. The smallest absolute Gasteiger partial charge is 0.336 e. The number of rotatable bonds is 5. The Bertz CT molecular complexity index is 1060. The molecule has 6 nitrogen and oxygen atoms in total. The van der Waals surface area contributed by atoms with Crippen molar-refractivity contribution in [2.45, 2.75) is 6.61 Å². The summed E-state index contributed by atoms with van der Waals surface area (Å²) in [6.45, 7) is 0.288. The molecule has 0 bridgehead atoms. The van der Waals surface area contributed by atoms with Gasteiger partial charge in [0.2, 0.25) is 5.13 Å². The third-order valence-corrected chi connectivity index (χ3v) is 4.26. The summed E-state index contributed by atoms with van der Waals surface area (Å²) in [7, 11) is 0. The zero-order valence-corrected chi connectivity index (χ0v) is 13.8. The average molecular weight is 351 g/mol. The molecule has 1 N–H and O–H groups in total. The summed E-state index contributed by atoms with van der Waals surface area (Å²) < 4.78 is 10.9. The van der Waals surface area contributed by atoms with Gasteiger partial charge < -0.3 is 14.5 Å². The molecule has 0 amide bonds. The number of nitrogens with zero attached hydrogens (tertiary/aromatic N) is 2. The quantitative estimate of drug-likeness (QED) is 0.548. The number of benzene rings is 2. The Morgan fingerprint density at radius 2 is 1.88 bits per heavy atom. The zero-order valence-electron chi connectivity index (χ0n) is 13.0. The molecule has 0 radical (unpaired) electrons. The maximum Gasteiger partial charge on any atom is 0.336 e. The SMILES string of the molecule is O=c1ccc2ccc(OCc3nnc(Nc4ccccc4)s3)cc2o1. The van der Waals surface area contributed by atoms with Gasteiger partial charge in [-0.2, -0.15) is 0 Å². The number of hydrogen-bond donors (Lipinski definition) is 1. The van der Waals surface area contributed by atoms with Crippen LogP contribution < -0.4 is 15.7 Å². The van der Waals surface area contributed by atoms with Gasteiger partial charge in [0.05, 0.1) is 0 Å². The molecule has 0 atom stereocenters. The summed E-state index contributed by atoms with van der Waals surface area (Å²) in [5, 5.41) is 13.7. The second kappa shape index (κ2) is 6.74. The molecule has 2 heterocycles. The predicted molar refractivity (Wildman–Crippen MR) is 96.4 cm³/mol. The second-order valence-electron chi connectivity index (χ2n) is 5.23. The summed E-state index contributed by atoms with van der Waals surface area (Å²) in [5.41, 5.74) is 1.06. The molecule has 0 aliphatic heterocycles. The lowest BCUT2D eigenvalue weighted by atomic mass is 10.2. The summed E-state index contributed by atoms with van der Waals surface area (Å²) in [4.78, 5) is 11.3. The van der Waals surface area contributed by atoms with Crippen LogP contribution in [0.4, 0.5) is 10.8 Å². The van der Waals surface area contributed by atoms with Crippen LogP contribution in [0.15, 0.2) is 69.9 Å². The maximum atomic E-state index is 11.3. The van der Waals surface area contributed by atoms with Crippen molar-refractivity contribution in [1.82, 2.24) is 10.2 Å². The normalized spacial score (nSPS) is 10.7. The summed E-state index contributed by atoms with van der Waals surface area (Å²) >= 11 is 1.42. The molecule has 0 fully saturated rings. The number of para-hydroxylation sites is 1. The molecule has 2 aromatic carbocycles. The molecule has 7 heteroatoms. The lowest BCUT2D eigenvalue weighted by molar-refractivity contribution is 0.304. The van der Waals surface area contributed by atoms with Crippen LogP contribution in [-0.4, -0.2) is 10.2 Å². The number of anilines is 2. The van der Waals surface area contributed by atoms with Crippen LogP contribution in [0.1, 0.15) is 5.01 Å². The van der Waals surface area contributed by atoms with E-state index in [1.54, 1.807) is 12.1 Å². The van der Waals surface area contributed by atoms with E-state index in [0.29, 0.717) is 16.5 Å². The third-order valence-electron chi connectivity index (χ3n) is 3.45. The van der Waals surface area contributed by atoms with Crippen molar-refractivity contribution in [2.24, 2.45) is 0 Å². The maximum absolute atomic E-state index is 11.3. The summed E-state index contributed by atoms with van der Waals surface area (Å²) in [6, 6.07) is 18.3. The summed E-state index contributed by atoms with van der Waals surface area (Å²) in [6.07, 6.45) is 0. The fourth-order valence-corrected chi connectivity index (χ4v) is 2.96. The molecule has 2 aromatic heterocycles. The number of fused-ring (bicyclic) bond motifs is 1. The van der Waals surface area contributed by atoms with Crippen LogP contribution in [0.2, 0.25) is 0 Å². The van der Waals surface area contributed by atoms with E-state index in [1.165, 1.54) is 17.4 Å². The van der Waals surface area contributed by atoms with E-state index >= 15 is 0 Å². The Hall–Kier alpha value is -3.19. The van der Waals surface area contributed by atoms with Crippen molar-refractivity contribution in [3.63, 3.8) is 0 Å². The minimum Gasteiger partial charge on any atom is -0.486 e. The standard InChI is InChI=1S/C18H13N3O3S/c22-17-9-7-12-6-8-14(10-15(12)24-17)23-11-16-20-21-18(25-16)19-13-4-2-1-3-5-13/h1-10H,11H2,(H,19,21). The van der Waals surface area contributed by atoms with Crippen molar-refractivity contribution in [3.05, 3.63) is 76.1 Å². The molecular formula is C18H13N3O3S. The Morgan fingerprint density at radius 3 is 2.76 bits per heavy atom. The second-order valence-corrected chi connectivity index (χ2v) is 6.30. The minimum atomic E-state index is -0.384. The van der Waals surface area contributed by atoms with Crippen molar-refractivity contribution < 1.29 is 9.15 Å². The van der Waals surface area contributed by atoms with E-state index in [4.69, 9.17) is 9.15 Å². The Labute approximate surface area is 146 Å². The molecule has 0 saturated carbocycles. The zero-order chi connectivity index (χ0) is 17.1. The largest absolute Gasteiger partial charge is 0.486 e. The van der Waals surface area contributed by atoms with Crippen LogP contribution in [0.25, 0.3) is 11.0 Å². The predicted octanol–water partition coefficient (Wildman–Crippen LogP) is 3.97. The van der Waals surface area contributed by atoms with Crippen molar-refractivity contribution >= 4 is 33.1 Å². The first-order chi connectivity index (χ1) is 12.3. The van der Waals surface area contributed by atoms with Crippen molar-refractivity contribution in [1.29, 1.82) is 0 Å². The van der Waals surface area contributed by atoms with Crippen LogP contribution in [0.3, 0.4) is 0 Å². The number of nitrogens with one attached hydrogen (secondary N) is 1. The highest BCUT2D eigenvalue weighted by Gasteiger charge is 2.06. The molecule has 0 unspecified atom stereocenters. The van der Waals surface area contributed by atoms with Crippen molar-refractivity contribution in [2.75, 3.05) is 5.32 Å². The third kappa shape index (κ3) is 3.67. The van der Waals surface area contributed by atoms with Gasteiger partial charge in [-0.05, 0) is 30.3 Å². The Kier molecular flexibility index (Phi) is 4.14. The molecule has 4 rings (SSSR count). The van der Waals surface area contributed by atoms with Gasteiger partial charge in [0, 0.05) is 23.2 Å². The van der Waals surface area contributed by atoms with Gasteiger partial charge in [0.15, 0.2) is 5.01 Å². The Balaban J connectivity index is 1.44. The number of ether oxygens (including phenoxy) is 1. The summed E-state index contributed by atoms with van der Waals surface area (Å²) in [5.74, 6) is 0.606. The molecule has 124 valence electrons. The molecular weight excluding hydrogens is 338 g/mol. The first kappa shape index (κ1) is 15.3. The highest BCUT2D eigenvalue weighted by atomic mass is 32.1. The van der Waals surface area contributed by atoms with Gasteiger partial charge in [-0.1, -0.05) is 29.5 Å².